The molecular weight excluding hydrogens is 266 g/mol. The van der Waals surface area contributed by atoms with E-state index in [0.717, 1.165) is 16.8 Å². The first kappa shape index (κ1) is 17.0. The van der Waals surface area contributed by atoms with E-state index in [1.807, 2.05) is 38.1 Å². The van der Waals surface area contributed by atoms with Crippen LogP contribution in [-0.2, 0) is 14.3 Å². The number of hydrogen-bond acceptors (Lipinski definition) is 3. The molecular formula is C17H23NO3. The molecule has 4 heteroatoms. The average Bonchev–Trinajstić information content (AvgIpc) is 2.44. The Bertz CT molecular complexity index is 549. The lowest BCUT2D eigenvalue weighted by atomic mass is 9.96. The quantitative estimate of drug-likeness (QED) is 0.617. The Morgan fingerprint density at radius 1 is 1.38 bits per heavy atom. The maximum atomic E-state index is 11.9. The number of ether oxygens (including phenoxy) is 1. The molecule has 1 unspecified atom stereocenters. The number of amides is 1. The molecule has 0 aliphatic carbocycles. The van der Waals surface area contributed by atoms with Crippen LogP contribution in [0.1, 0.15) is 37.8 Å². The zero-order valence-corrected chi connectivity index (χ0v) is 13.3. The predicted molar refractivity (Wildman–Crippen MR) is 84.5 cm³/mol. The van der Waals surface area contributed by atoms with Crippen molar-refractivity contribution in [2.24, 2.45) is 0 Å². The fraction of sp³-hybridized carbons (Fsp3) is 0.412. The minimum absolute atomic E-state index is 0.0789. The number of benzene rings is 1. The lowest BCUT2D eigenvalue weighted by molar-refractivity contribution is -0.139. The Hall–Kier alpha value is -2.10. The van der Waals surface area contributed by atoms with Crippen LogP contribution in [0.2, 0.25) is 0 Å². The van der Waals surface area contributed by atoms with Crippen LogP contribution in [-0.4, -0.2) is 25.5 Å². The molecule has 4 nitrogen and oxygen atoms in total. The van der Waals surface area contributed by atoms with Crippen molar-refractivity contribution in [2.45, 2.75) is 33.6 Å². The lowest BCUT2D eigenvalue weighted by Crippen LogP contribution is -2.35. The summed E-state index contributed by atoms with van der Waals surface area (Å²) in [5.74, 6) is -0.460. The van der Waals surface area contributed by atoms with Gasteiger partial charge in [0.05, 0.1) is 7.11 Å². The Kier molecular flexibility index (Phi) is 6.15. The number of carbonyl (C=O) groups excluding carboxylic acids is 2. The maximum Gasteiger partial charge on any atom is 0.325 e. The number of carbonyl (C=O) groups is 2. The van der Waals surface area contributed by atoms with Crippen LogP contribution in [0.5, 0.6) is 0 Å². The molecule has 0 saturated heterocycles. The maximum absolute atomic E-state index is 11.9. The second-order valence-electron chi connectivity index (χ2n) is 5.06. The van der Waals surface area contributed by atoms with Gasteiger partial charge in [-0.1, -0.05) is 36.8 Å². The zero-order valence-electron chi connectivity index (χ0n) is 13.3. The second kappa shape index (κ2) is 7.62. The SMILES string of the molecule is C/C=C/C(C)c1cc(C)ccc1N(CC(=O)OC)C(C)=O. The van der Waals surface area contributed by atoms with Crippen LogP contribution in [0.15, 0.2) is 30.4 Å². The minimum atomic E-state index is -0.435. The highest BCUT2D eigenvalue weighted by atomic mass is 16.5. The van der Waals surface area contributed by atoms with Crippen molar-refractivity contribution in [3.05, 3.63) is 41.5 Å². The summed E-state index contributed by atoms with van der Waals surface area (Å²) in [5.41, 5.74) is 2.89. The molecule has 0 fully saturated rings. The van der Waals surface area contributed by atoms with Crippen LogP contribution < -0.4 is 4.90 Å². The van der Waals surface area contributed by atoms with E-state index >= 15 is 0 Å². The van der Waals surface area contributed by atoms with Gasteiger partial charge in [0.15, 0.2) is 0 Å². The largest absolute Gasteiger partial charge is 0.468 e. The number of hydrogen-bond donors (Lipinski definition) is 0. The van der Waals surface area contributed by atoms with Crippen molar-refractivity contribution in [1.29, 1.82) is 0 Å². The normalized spacial score (nSPS) is 12.2. The molecule has 1 amide bonds. The highest BCUT2D eigenvalue weighted by Gasteiger charge is 2.20. The third-order valence-electron chi connectivity index (χ3n) is 3.34. The average molecular weight is 289 g/mol. The van der Waals surface area contributed by atoms with Crippen molar-refractivity contribution in [3.8, 4) is 0 Å². The summed E-state index contributed by atoms with van der Waals surface area (Å²) in [6.45, 7) is 7.41. The highest BCUT2D eigenvalue weighted by molar-refractivity contribution is 5.97. The van der Waals surface area contributed by atoms with E-state index in [4.69, 9.17) is 0 Å². The van der Waals surface area contributed by atoms with Gasteiger partial charge in [0, 0.05) is 18.5 Å². The van der Waals surface area contributed by atoms with Gasteiger partial charge < -0.3 is 9.64 Å². The zero-order chi connectivity index (χ0) is 16.0. The first-order valence-electron chi connectivity index (χ1n) is 6.99. The van der Waals surface area contributed by atoms with Crippen LogP contribution >= 0.6 is 0 Å². The molecule has 0 heterocycles. The predicted octanol–water partition coefficient (Wildman–Crippen LogP) is 3.20. The molecule has 0 bridgehead atoms. The molecule has 1 rings (SSSR count). The van der Waals surface area contributed by atoms with Gasteiger partial charge in [0.25, 0.3) is 0 Å². The van der Waals surface area contributed by atoms with Gasteiger partial charge >= 0.3 is 5.97 Å². The van der Waals surface area contributed by atoms with Crippen molar-refractivity contribution in [3.63, 3.8) is 0 Å². The van der Waals surface area contributed by atoms with Gasteiger partial charge in [-0.05, 0) is 25.5 Å². The van der Waals surface area contributed by atoms with Crippen molar-refractivity contribution < 1.29 is 14.3 Å². The van der Waals surface area contributed by atoms with Gasteiger partial charge in [-0.2, -0.15) is 0 Å². The molecule has 1 aromatic rings. The van der Waals surface area contributed by atoms with E-state index in [-0.39, 0.29) is 18.4 Å². The van der Waals surface area contributed by atoms with Crippen LogP contribution in [0, 0.1) is 6.92 Å². The summed E-state index contributed by atoms with van der Waals surface area (Å²) in [5, 5.41) is 0. The van der Waals surface area contributed by atoms with Gasteiger partial charge in [-0.25, -0.2) is 0 Å². The Morgan fingerprint density at radius 2 is 2.05 bits per heavy atom. The Morgan fingerprint density at radius 3 is 2.57 bits per heavy atom. The number of aryl methyl sites for hydroxylation is 1. The minimum Gasteiger partial charge on any atom is -0.468 e. The fourth-order valence-corrected chi connectivity index (χ4v) is 2.24. The summed E-state index contributed by atoms with van der Waals surface area (Å²) in [4.78, 5) is 24.9. The van der Waals surface area contributed by atoms with E-state index in [1.54, 1.807) is 0 Å². The standard InChI is InChI=1S/C17H23NO3/c1-6-7-13(3)15-10-12(2)8-9-16(15)18(14(4)19)11-17(20)21-5/h6-10,13H,11H2,1-5H3/b7-6+. The molecule has 0 aromatic heterocycles. The molecule has 114 valence electrons. The van der Waals surface area contributed by atoms with Gasteiger partial charge in [-0.15, -0.1) is 0 Å². The number of rotatable bonds is 5. The molecule has 0 spiro atoms. The summed E-state index contributed by atoms with van der Waals surface area (Å²) >= 11 is 0. The lowest BCUT2D eigenvalue weighted by Gasteiger charge is -2.25. The molecule has 1 aromatic carbocycles. The first-order chi connectivity index (χ1) is 9.90. The molecule has 0 aliphatic heterocycles. The number of esters is 1. The third-order valence-corrected chi connectivity index (χ3v) is 3.34. The van der Waals surface area contributed by atoms with Crippen LogP contribution in [0.25, 0.3) is 0 Å². The van der Waals surface area contributed by atoms with E-state index in [1.165, 1.54) is 18.9 Å². The first-order valence-corrected chi connectivity index (χ1v) is 6.99. The smallest absolute Gasteiger partial charge is 0.325 e. The van der Waals surface area contributed by atoms with Gasteiger partial charge in [0.1, 0.15) is 6.54 Å². The van der Waals surface area contributed by atoms with E-state index in [9.17, 15) is 9.59 Å². The number of nitrogens with zero attached hydrogens (tertiary/aromatic N) is 1. The van der Waals surface area contributed by atoms with Gasteiger partial charge in [0.2, 0.25) is 5.91 Å². The summed E-state index contributed by atoms with van der Waals surface area (Å²) < 4.78 is 4.68. The monoisotopic (exact) mass is 289 g/mol. The van der Waals surface area contributed by atoms with Crippen molar-refractivity contribution in [1.82, 2.24) is 0 Å². The highest BCUT2D eigenvalue weighted by Crippen LogP contribution is 2.30. The van der Waals surface area contributed by atoms with Crippen molar-refractivity contribution in [2.75, 3.05) is 18.6 Å². The van der Waals surface area contributed by atoms with E-state index in [2.05, 4.69) is 17.7 Å². The number of methoxy groups -OCH3 is 1. The molecule has 0 saturated carbocycles. The third kappa shape index (κ3) is 4.45. The molecule has 21 heavy (non-hydrogen) atoms. The van der Waals surface area contributed by atoms with Crippen LogP contribution in [0.4, 0.5) is 5.69 Å². The van der Waals surface area contributed by atoms with Crippen LogP contribution in [0.3, 0.4) is 0 Å². The molecule has 0 N–H and O–H groups in total. The number of anilines is 1. The second-order valence-corrected chi connectivity index (χ2v) is 5.06. The Labute approximate surface area is 126 Å². The molecule has 1 atom stereocenters. The fourth-order valence-electron chi connectivity index (χ4n) is 2.24. The van der Waals surface area contributed by atoms with Gasteiger partial charge in [-0.3, -0.25) is 9.59 Å². The van der Waals surface area contributed by atoms with Crippen molar-refractivity contribution >= 4 is 17.6 Å². The number of allylic oxidation sites excluding steroid dienone is 2. The molecule has 0 radical (unpaired) electrons. The van der Waals surface area contributed by atoms with E-state index in [0.29, 0.717) is 0 Å². The summed E-state index contributed by atoms with van der Waals surface area (Å²) in [6, 6.07) is 5.87. The van der Waals surface area contributed by atoms with E-state index < -0.39 is 5.97 Å². The topological polar surface area (TPSA) is 46.6 Å². The molecule has 0 aliphatic rings. The summed E-state index contributed by atoms with van der Waals surface area (Å²) in [6.07, 6.45) is 4.05. The summed E-state index contributed by atoms with van der Waals surface area (Å²) in [7, 11) is 1.32. The Balaban J connectivity index is 3.30.